The minimum absolute atomic E-state index is 0.0134. The van der Waals surface area contributed by atoms with Crippen molar-refractivity contribution in [3.8, 4) is 17.2 Å². The molecule has 0 aliphatic carbocycles. The van der Waals surface area contributed by atoms with Crippen molar-refractivity contribution in [2.24, 2.45) is 0 Å². The summed E-state index contributed by atoms with van der Waals surface area (Å²) >= 11 is 0. The van der Waals surface area contributed by atoms with Crippen LogP contribution < -0.4 is 19.5 Å². The highest BCUT2D eigenvalue weighted by molar-refractivity contribution is 5.61. The summed E-state index contributed by atoms with van der Waals surface area (Å²) in [6.07, 6.45) is -0.0134. The Balaban J connectivity index is 1.83. The van der Waals surface area contributed by atoms with Gasteiger partial charge in [0.25, 0.3) is 0 Å². The minimum atomic E-state index is -0.0134. The molecular weight excluding hydrogens is 254 g/mol. The van der Waals surface area contributed by atoms with E-state index in [1.807, 2.05) is 42.5 Å². The average Bonchev–Trinajstić information content (AvgIpc) is 2.54. The number of rotatable bonds is 3. The number of nitrogens with one attached hydrogen (secondary N) is 1. The average molecular weight is 271 g/mol. The highest BCUT2D eigenvalue weighted by Crippen LogP contribution is 2.36. The van der Waals surface area contributed by atoms with Crippen molar-refractivity contribution in [3.63, 3.8) is 0 Å². The van der Waals surface area contributed by atoms with Gasteiger partial charge in [-0.05, 0) is 29.8 Å². The normalized spacial score (nSPS) is 16.6. The summed E-state index contributed by atoms with van der Waals surface area (Å²) in [7, 11) is 3.31. The summed E-state index contributed by atoms with van der Waals surface area (Å²) in [5.74, 6) is 2.46. The Hall–Kier alpha value is -2.36. The predicted molar refractivity (Wildman–Crippen MR) is 77.8 cm³/mol. The van der Waals surface area contributed by atoms with Crippen molar-refractivity contribution in [1.82, 2.24) is 0 Å². The van der Waals surface area contributed by atoms with Crippen LogP contribution in [0.3, 0.4) is 0 Å². The second-order valence-electron chi connectivity index (χ2n) is 4.62. The van der Waals surface area contributed by atoms with Gasteiger partial charge in [-0.3, -0.25) is 0 Å². The smallest absolute Gasteiger partial charge is 0.147 e. The molecule has 1 N–H and O–H groups in total. The fraction of sp³-hybridized carbons (Fsp3) is 0.250. The second kappa shape index (κ2) is 5.33. The summed E-state index contributed by atoms with van der Waals surface area (Å²) in [5.41, 5.74) is 2.11. The zero-order valence-electron chi connectivity index (χ0n) is 11.6. The van der Waals surface area contributed by atoms with Crippen LogP contribution in [0, 0.1) is 0 Å². The van der Waals surface area contributed by atoms with Crippen molar-refractivity contribution >= 4 is 5.69 Å². The second-order valence-corrected chi connectivity index (χ2v) is 4.62. The molecule has 2 aromatic rings. The molecule has 3 rings (SSSR count). The van der Waals surface area contributed by atoms with Crippen molar-refractivity contribution in [3.05, 3.63) is 48.0 Å². The van der Waals surface area contributed by atoms with Gasteiger partial charge in [-0.2, -0.15) is 0 Å². The summed E-state index contributed by atoms with van der Waals surface area (Å²) in [6, 6.07) is 13.7. The largest absolute Gasteiger partial charge is 0.497 e. The van der Waals surface area contributed by atoms with Gasteiger partial charge in [0.15, 0.2) is 0 Å². The van der Waals surface area contributed by atoms with Gasteiger partial charge < -0.3 is 19.5 Å². The lowest BCUT2D eigenvalue weighted by Gasteiger charge is -2.28. The van der Waals surface area contributed by atoms with E-state index >= 15 is 0 Å². The first-order valence-electron chi connectivity index (χ1n) is 6.52. The van der Waals surface area contributed by atoms with E-state index in [-0.39, 0.29) is 6.10 Å². The number of hydrogen-bond acceptors (Lipinski definition) is 4. The maximum Gasteiger partial charge on any atom is 0.147 e. The molecule has 0 bridgehead atoms. The predicted octanol–water partition coefficient (Wildman–Crippen LogP) is 3.25. The number of benzene rings is 2. The van der Waals surface area contributed by atoms with Gasteiger partial charge in [-0.15, -0.1) is 0 Å². The van der Waals surface area contributed by atoms with Crippen LogP contribution in [0.5, 0.6) is 17.2 Å². The van der Waals surface area contributed by atoms with Crippen molar-refractivity contribution in [1.29, 1.82) is 0 Å². The lowest BCUT2D eigenvalue weighted by atomic mass is 10.1. The van der Waals surface area contributed by atoms with E-state index < -0.39 is 0 Å². The van der Waals surface area contributed by atoms with Gasteiger partial charge in [0.2, 0.25) is 0 Å². The summed E-state index contributed by atoms with van der Waals surface area (Å²) in [5, 5.41) is 3.38. The lowest BCUT2D eigenvalue weighted by Crippen LogP contribution is -2.23. The third kappa shape index (κ3) is 2.37. The Kier molecular flexibility index (Phi) is 3.37. The first kappa shape index (κ1) is 12.7. The Morgan fingerprint density at radius 3 is 2.40 bits per heavy atom. The SMILES string of the molecule is COc1ccc([C@@H]2CNc3ccc(OC)cc3O2)cc1. The van der Waals surface area contributed by atoms with Gasteiger partial charge in [0.05, 0.1) is 26.5 Å². The minimum Gasteiger partial charge on any atom is -0.497 e. The van der Waals surface area contributed by atoms with E-state index in [4.69, 9.17) is 14.2 Å². The molecular formula is C16H17NO3. The number of fused-ring (bicyclic) bond motifs is 1. The maximum absolute atomic E-state index is 6.05. The third-order valence-corrected chi connectivity index (χ3v) is 3.42. The van der Waals surface area contributed by atoms with Gasteiger partial charge in [0, 0.05) is 6.07 Å². The summed E-state index contributed by atoms with van der Waals surface area (Å²) in [4.78, 5) is 0. The van der Waals surface area contributed by atoms with E-state index in [0.717, 1.165) is 35.0 Å². The molecule has 1 heterocycles. The van der Waals surface area contributed by atoms with Crippen LogP contribution in [0.1, 0.15) is 11.7 Å². The van der Waals surface area contributed by atoms with Crippen molar-refractivity contribution in [2.45, 2.75) is 6.10 Å². The Bertz CT molecular complexity index is 595. The van der Waals surface area contributed by atoms with Crippen LogP contribution in [0.2, 0.25) is 0 Å². The van der Waals surface area contributed by atoms with Crippen LogP contribution in [-0.4, -0.2) is 20.8 Å². The van der Waals surface area contributed by atoms with Crippen molar-refractivity contribution < 1.29 is 14.2 Å². The molecule has 1 atom stereocenters. The summed E-state index contributed by atoms with van der Waals surface area (Å²) < 4.78 is 16.4. The van der Waals surface area contributed by atoms with Crippen LogP contribution in [-0.2, 0) is 0 Å². The molecule has 0 saturated carbocycles. The quantitative estimate of drug-likeness (QED) is 0.930. The first-order chi connectivity index (χ1) is 9.80. The molecule has 4 heteroatoms. The fourth-order valence-corrected chi connectivity index (χ4v) is 2.28. The molecule has 0 fully saturated rings. The molecule has 2 aromatic carbocycles. The molecule has 104 valence electrons. The fourth-order valence-electron chi connectivity index (χ4n) is 2.28. The van der Waals surface area contributed by atoms with Crippen LogP contribution in [0.25, 0.3) is 0 Å². The lowest BCUT2D eigenvalue weighted by molar-refractivity contribution is 0.209. The molecule has 0 amide bonds. The van der Waals surface area contributed by atoms with Gasteiger partial charge in [-0.1, -0.05) is 12.1 Å². The zero-order chi connectivity index (χ0) is 13.9. The monoisotopic (exact) mass is 271 g/mol. The van der Waals surface area contributed by atoms with Gasteiger partial charge in [-0.25, -0.2) is 0 Å². The maximum atomic E-state index is 6.05. The van der Waals surface area contributed by atoms with E-state index in [0.29, 0.717) is 0 Å². The van der Waals surface area contributed by atoms with Crippen molar-refractivity contribution in [2.75, 3.05) is 26.1 Å². The van der Waals surface area contributed by atoms with Gasteiger partial charge in [0.1, 0.15) is 23.4 Å². The number of anilines is 1. The molecule has 0 unspecified atom stereocenters. The van der Waals surface area contributed by atoms with Crippen LogP contribution in [0.4, 0.5) is 5.69 Å². The molecule has 0 aromatic heterocycles. The molecule has 4 nitrogen and oxygen atoms in total. The summed E-state index contributed by atoms with van der Waals surface area (Å²) in [6.45, 7) is 0.742. The Morgan fingerprint density at radius 1 is 1.00 bits per heavy atom. The van der Waals surface area contributed by atoms with E-state index in [1.165, 1.54) is 0 Å². The molecule has 1 aliphatic heterocycles. The number of methoxy groups -OCH3 is 2. The zero-order valence-corrected chi connectivity index (χ0v) is 11.6. The third-order valence-electron chi connectivity index (χ3n) is 3.42. The molecule has 0 saturated heterocycles. The first-order valence-corrected chi connectivity index (χ1v) is 6.52. The standard InChI is InChI=1S/C16H17NO3/c1-18-12-5-3-11(4-6-12)16-10-17-14-8-7-13(19-2)9-15(14)20-16/h3-9,16-17H,10H2,1-2H3/t16-/m0/s1. The molecule has 1 aliphatic rings. The van der Waals surface area contributed by atoms with E-state index in [2.05, 4.69) is 5.32 Å². The highest BCUT2D eigenvalue weighted by Gasteiger charge is 2.21. The van der Waals surface area contributed by atoms with E-state index in [1.54, 1.807) is 14.2 Å². The van der Waals surface area contributed by atoms with Crippen LogP contribution in [0.15, 0.2) is 42.5 Å². The molecule has 20 heavy (non-hydrogen) atoms. The van der Waals surface area contributed by atoms with Gasteiger partial charge >= 0.3 is 0 Å². The highest BCUT2D eigenvalue weighted by atomic mass is 16.5. The Labute approximate surface area is 118 Å². The number of hydrogen-bond donors (Lipinski definition) is 1. The van der Waals surface area contributed by atoms with E-state index in [9.17, 15) is 0 Å². The molecule has 0 radical (unpaired) electrons. The Morgan fingerprint density at radius 2 is 1.70 bits per heavy atom. The molecule has 0 spiro atoms. The topological polar surface area (TPSA) is 39.7 Å². The van der Waals surface area contributed by atoms with Crippen LogP contribution >= 0.6 is 0 Å². The number of ether oxygens (including phenoxy) is 3.